The van der Waals surface area contributed by atoms with Crippen LogP contribution in [0.5, 0.6) is 5.75 Å². The molecule has 0 amide bonds. The van der Waals surface area contributed by atoms with Crippen molar-refractivity contribution >= 4 is 16.7 Å². The molecule has 0 spiro atoms. The van der Waals surface area contributed by atoms with Gasteiger partial charge in [0.2, 0.25) is 0 Å². The summed E-state index contributed by atoms with van der Waals surface area (Å²) in [6.45, 7) is 1.47. The molecule has 26 heavy (non-hydrogen) atoms. The Balaban J connectivity index is 1.45. The van der Waals surface area contributed by atoms with Crippen molar-refractivity contribution in [3.05, 3.63) is 36.5 Å². The van der Waals surface area contributed by atoms with E-state index in [1.165, 1.54) is 12.8 Å². The molecule has 2 aromatic heterocycles. The SMILES string of the molecule is Nc1cc(OCC23CCC(CC2)OC3)c2ccc(-c3cc[nH]n3)cc2n1. The number of aromatic amines is 1. The highest BCUT2D eigenvalue weighted by Gasteiger charge is 2.42. The molecule has 0 atom stereocenters. The van der Waals surface area contributed by atoms with E-state index < -0.39 is 0 Å². The third-order valence-electron chi connectivity index (χ3n) is 5.74. The topological polar surface area (TPSA) is 86.0 Å². The lowest BCUT2D eigenvalue weighted by molar-refractivity contribution is -0.128. The molecule has 0 unspecified atom stereocenters. The van der Waals surface area contributed by atoms with Crippen LogP contribution in [-0.2, 0) is 4.74 Å². The number of pyridine rings is 1. The Kier molecular flexibility index (Phi) is 3.60. The van der Waals surface area contributed by atoms with Crippen molar-refractivity contribution in [2.45, 2.75) is 31.8 Å². The van der Waals surface area contributed by atoms with Crippen molar-refractivity contribution in [1.29, 1.82) is 0 Å². The number of rotatable bonds is 4. The Bertz CT molecular complexity index is 917. The molecular formula is C20H22N4O2. The molecule has 4 heterocycles. The number of aromatic nitrogens is 3. The van der Waals surface area contributed by atoms with Crippen LogP contribution in [0.3, 0.4) is 0 Å². The zero-order chi connectivity index (χ0) is 17.6. The first-order chi connectivity index (χ1) is 12.7. The minimum absolute atomic E-state index is 0.147. The molecule has 3 N–H and O–H groups in total. The van der Waals surface area contributed by atoms with Crippen LogP contribution in [0, 0.1) is 5.41 Å². The molecule has 6 rings (SSSR count). The Labute approximate surface area is 151 Å². The van der Waals surface area contributed by atoms with E-state index in [1.807, 2.05) is 30.3 Å². The smallest absolute Gasteiger partial charge is 0.132 e. The second kappa shape index (κ2) is 5.99. The molecule has 3 aliphatic rings. The molecule has 6 heteroatoms. The normalized spacial score (nSPS) is 24.8. The van der Waals surface area contributed by atoms with E-state index in [4.69, 9.17) is 15.2 Å². The number of benzene rings is 1. The van der Waals surface area contributed by atoms with E-state index in [0.717, 1.165) is 47.4 Å². The summed E-state index contributed by atoms with van der Waals surface area (Å²) in [5, 5.41) is 8.04. The molecule has 3 aromatic rings. The largest absolute Gasteiger partial charge is 0.492 e. The Hall–Kier alpha value is -2.60. The summed E-state index contributed by atoms with van der Waals surface area (Å²) < 4.78 is 12.2. The van der Waals surface area contributed by atoms with E-state index in [9.17, 15) is 0 Å². The number of fused-ring (bicyclic) bond motifs is 4. The minimum Gasteiger partial charge on any atom is -0.492 e. The van der Waals surface area contributed by atoms with Gasteiger partial charge < -0.3 is 15.2 Å². The van der Waals surface area contributed by atoms with Gasteiger partial charge in [0.1, 0.15) is 11.6 Å². The number of nitrogens with two attached hydrogens (primary N) is 1. The predicted molar refractivity (Wildman–Crippen MR) is 99.9 cm³/mol. The quantitative estimate of drug-likeness (QED) is 0.751. The van der Waals surface area contributed by atoms with Crippen molar-refractivity contribution in [2.75, 3.05) is 18.9 Å². The summed E-state index contributed by atoms with van der Waals surface area (Å²) in [5.74, 6) is 1.26. The van der Waals surface area contributed by atoms with Crippen molar-refractivity contribution in [3.63, 3.8) is 0 Å². The monoisotopic (exact) mass is 350 g/mol. The molecular weight excluding hydrogens is 328 g/mol. The molecule has 2 aliphatic heterocycles. The molecule has 3 fully saturated rings. The van der Waals surface area contributed by atoms with Crippen LogP contribution in [0.1, 0.15) is 25.7 Å². The van der Waals surface area contributed by atoms with E-state index >= 15 is 0 Å². The van der Waals surface area contributed by atoms with Gasteiger partial charge in [0.15, 0.2) is 0 Å². The maximum Gasteiger partial charge on any atom is 0.132 e. The third-order valence-corrected chi connectivity index (χ3v) is 5.74. The number of hydrogen-bond acceptors (Lipinski definition) is 5. The zero-order valence-electron chi connectivity index (χ0n) is 14.6. The molecule has 0 radical (unpaired) electrons. The van der Waals surface area contributed by atoms with Gasteiger partial charge >= 0.3 is 0 Å². The van der Waals surface area contributed by atoms with Gasteiger partial charge in [-0.2, -0.15) is 5.10 Å². The first kappa shape index (κ1) is 15.6. The highest BCUT2D eigenvalue weighted by atomic mass is 16.5. The fourth-order valence-corrected chi connectivity index (χ4v) is 4.14. The summed E-state index contributed by atoms with van der Waals surface area (Å²) in [4.78, 5) is 4.48. The van der Waals surface area contributed by atoms with Crippen LogP contribution in [0.2, 0.25) is 0 Å². The van der Waals surface area contributed by atoms with Crippen molar-refractivity contribution in [2.24, 2.45) is 5.41 Å². The first-order valence-electron chi connectivity index (χ1n) is 9.16. The number of hydrogen-bond donors (Lipinski definition) is 2. The summed E-state index contributed by atoms with van der Waals surface area (Å²) in [5.41, 5.74) is 8.89. The van der Waals surface area contributed by atoms with Gasteiger partial charge in [-0.1, -0.05) is 6.07 Å². The summed E-state index contributed by atoms with van der Waals surface area (Å²) in [6.07, 6.45) is 6.93. The Morgan fingerprint density at radius 1 is 1.23 bits per heavy atom. The summed E-state index contributed by atoms with van der Waals surface area (Å²) in [6, 6.07) is 9.83. The van der Waals surface area contributed by atoms with Gasteiger partial charge in [0, 0.05) is 28.6 Å². The average molecular weight is 350 g/mol. The minimum atomic E-state index is 0.147. The molecule has 6 nitrogen and oxygen atoms in total. The van der Waals surface area contributed by atoms with Crippen LogP contribution < -0.4 is 10.5 Å². The Morgan fingerprint density at radius 2 is 2.12 bits per heavy atom. The van der Waals surface area contributed by atoms with Crippen LogP contribution in [0.15, 0.2) is 36.5 Å². The standard InChI is InChI=1S/C20H22N4O2/c21-19-10-18(26-12-20-6-3-14(4-7-20)25-11-20)15-2-1-13(9-17(15)23-19)16-5-8-22-24-16/h1-2,5,8-10,14H,3-4,6-7,11-12H2,(H2,21,23)(H,22,24). The second-order valence-electron chi connectivity index (χ2n) is 7.54. The van der Waals surface area contributed by atoms with E-state index in [-0.39, 0.29) is 5.41 Å². The molecule has 2 bridgehead atoms. The lowest BCUT2D eigenvalue weighted by Gasteiger charge is -2.45. The van der Waals surface area contributed by atoms with Gasteiger partial charge in [-0.25, -0.2) is 4.98 Å². The van der Waals surface area contributed by atoms with Gasteiger partial charge in [-0.15, -0.1) is 0 Å². The van der Waals surface area contributed by atoms with Crippen LogP contribution in [0.25, 0.3) is 22.2 Å². The van der Waals surface area contributed by atoms with Gasteiger partial charge in [0.25, 0.3) is 0 Å². The maximum absolute atomic E-state index is 6.27. The highest BCUT2D eigenvalue weighted by molar-refractivity contribution is 5.89. The molecule has 1 aliphatic carbocycles. The number of nitrogens with one attached hydrogen (secondary N) is 1. The molecule has 2 saturated heterocycles. The van der Waals surface area contributed by atoms with E-state index in [1.54, 1.807) is 6.20 Å². The number of H-pyrrole nitrogens is 1. The fraction of sp³-hybridized carbons (Fsp3) is 0.400. The number of nitrogens with zero attached hydrogens (tertiary/aromatic N) is 2. The van der Waals surface area contributed by atoms with Gasteiger partial charge in [-0.05, 0) is 43.9 Å². The van der Waals surface area contributed by atoms with Crippen molar-refractivity contribution in [3.8, 4) is 17.0 Å². The molecule has 1 aromatic carbocycles. The third kappa shape index (κ3) is 2.70. The van der Waals surface area contributed by atoms with Crippen LogP contribution >= 0.6 is 0 Å². The lowest BCUT2D eigenvalue weighted by atomic mass is 9.72. The highest BCUT2D eigenvalue weighted by Crippen LogP contribution is 2.43. The zero-order valence-corrected chi connectivity index (χ0v) is 14.6. The van der Waals surface area contributed by atoms with Gasteiger partial charge in [-0.3, -0.25) is 5.10 Å². The van der Waals surface area contributed by atoms with Crippen LogP contribution in [0.4, 0.5) is 5.82 Å². The number of nitrogen functional groups attached to an aromatic ring is 1. The van der Waals surface area contributed by atoms with Crippen molar-refractivity contribution < 1.29 is 9.47 Å². The van der Waals surface area contributed by atoms with E-state index in [0.29, 0.717) is 18.5 Å². The molecule has 1 saturated carbocycles. The summed E-state index contributed by atoms with van der Waals surface area (Å²) in [7, 11) is 0. The molecule has 134 valence electrons. The van der Waals surface area contributed by atoms with Crippen LogP contribution in [-0.4, -0.2) is 34.5 Å². The maximum atomic E-state index is 6.27. The number of anilines is 1. The number of ether oxygens (including phenoxy) is 2. The summed E-state index contributed by atoms with van der Waals surface area (Å²) >= 11 is 0. The lowest BCUT2D eigenvalue weighted by Crippen LogP contribution is -2.45. The van der Waals surface area contributed by atoms with Gasteiger partial charge in [0.05, 0.1) is 30.5 Å². The average Bonchev–Trinajstić information content (AvgIpc) is 3.22. The fourth-order valence-electron chi connectivity index (χ4n) is 4.14. The Morgan fingerprint density at radius 3 is 2.85 bits per heavy atom. The second-order valence-corrected chi connectivity index (χ2v) is 7.54. The first-order valence-corrected chi connectivity index (χ1v) is 9.16. The van der Waals surface area contributed by atoms with Crippen molar-refractivity contribution in [1.82, 2.24) is 15.2 Å². The predicted octanol–water partition coefficient (Wildman–Crippen LogP) is 3.55. The van der Waals surface area contributed by atoms with E-state index in [2.05, 4.69) is 15.2 Å².